The molecule has 2 amide bonds. The lowest BCUT2D eigenvalue weighted by atomic mass is 10.0. The molecule has 2 heterocycles. The highest BCUT2D eigenvalue weighted by molar-refractivity contribution is 5.98. The zero-order chi connectivity index (χ0) is 24.5. The summed E-state index contributed by atoms with van der Waals surface area (Å²) in [6.07, 6.45) is 1.19. The molecule has 34 heavy (non-hydrogen) atoms. The number of carbonyl (C=O) groups excluding carboxylic acids is 4. The topological polar surface area (TPSA) is 133 Å². The molecule has 1 atom stereocenters. The van der Waals surface area contributed by atoms with Crippen molar-refractivity contribution in [3.8, 4) is 5.75 Å². The summed E-state index contributed by atoms with van der Waals surface area (Å²) in [7, 11) is 0. The SMILES string of the molecule is CCOC(=O)C1=C(COC(=O)CCC(=O)c2ccc(OCC)cc2)NC(=O)N[C@H]1c1ccco1. The van der Waals surface area contributed by atoms with Crippen molar-refractivity contribution in [1.29, 1.82) is 0 Å². The van der Waals surface area contributed by atoms with E-state index in [-0.39, 0.29) is 43.1 Å². The molecule has 1 aromatic heterocycles. The van der Waals surface area contributed by atoms with E-state index in [0.717, 1.165) is 0 Å². The van der Waals surface area contributed by atoms with Gasteiger partial charge >= 0.3 is 18.0 Å². The van der Waals surface area contributed by atoms with Gasteiger partial charge in [0, 0.05) is 12.0 Å². The number of rotatable bonds is 11. The number of hydrogen-bond acceptors (Lipinski definition) is 8. The van der Waals surface area contributed by atoms with Gasteiger partial charge in [-0.05, 0) is 50.2 Å². The van der Waals surface area contributed by atoms with Crippen molar-refractivity contribution < 1.29 is 37.8 Å². The van der Waals surface area contributed by atoms with Gasteiger partial charge in [0.25, 0.3) is 0 Å². The van der Waals surface area contributed by atoms with E-state index < -0.39 is 24.0 Å². The highest BCUT2D eigenvalue weighted by atomic mass is 16.5. The highest BCUT2D eigenvalue weighted by Gasteiger charge is 2.35. The van der Waals surface area contributed by atoms with Crippen molar-refractivity contribution in [2.45, 2.75) is 32.7 Å². The highest BCUT2D eigenvalue weighted by Crippen LogP contribution is 2.28. The molecule has 0 saturated heterocycles. The van der Waals surface area contributed by atoms with Crippen molar-refractivity contribution >= 4 is 23.8 Å². The number of Topliss-reactive ketones (excluding diaryl/α,β-unsaturated/α-hetero) is 1. The summed E-state index contributed by atoms with van der Waals surface area (Å²) in [4.78, 5) is 49.4. The van der Waals surface area contributed by atoms with E-state index in [1.54, 1.807) is 43.3 Å². The van der Waals surface area contributed by atoms with E-state index in [2.05, 4.69) is 10.6 Å². The Hall–Kier alpha value is -4.08. The minimum atomic E-state index is -0.905. The molecule has 2 aromatic rings. The normalized spacial score (nSPS) is 15.2. The molecular formula is C24H26N2O8. The number of furan rings is 1. The summed E-state index contributed by atoms with van der Waals surface area (Å²) in [5, 5.41) is 5.09. The summed E-state index contributed by atoms with van der Waals surface area (Å²) >= 11 is 0. The van der Waals surface area contributed by atoms with Crippen molar-refractivity contribution in [2.24, 2.45) is 0 Å². The third kappa shape index (κ3) is 6.25. The predicted octanol–water partition coefficient (Wildman–Crippen LogP) is 3.06. The van der Waals surface area contributed by atoms with E-state index in [1.807, 2.05) is 6.92 Å². The molecule has 10 nitrogen and oxygen atoms in total. The second kappa shape index (κ2) is 11.7. The van der Waals surface area contributed by atoms with Crippen molar-refractivity contribution in [2.75, 3.05) is 19.8 Å². The molecule has 0 radical (unpaired) electrons. The molecule has 2 N–H and O–H groups in total. The maximum Gasteiger partial charge on any atom is 0.338 e. The fourth-order valence-corrected chi connectivity index (χ4v) is 3.34. The Morgan fingerprint density at radius 3 is 2.41 bits per heavy atom. The van der Waals surface area contributed by atoms with Crippen LogP contribution >= 0.6 is 0 Å². The first-order chi connectivity index (χ1) is 16.4. The zero-order valence-electron chi connectivity index (χ0n) is 18.9. The summed E-state index contributed by atoms with van der Waals surface area (Å²) in [6, 6.07) is 8.37. The van der Waals surface area contributed by atoms with Crippen LogP contribution in [0.2, 0.25) is 0 Å². The van der Waals surface area contributed by atoms with Gasteiger partial charge < -0.3 is 29.3 Å². The van der Waals surface area contributed by atoms with Crippen LogP contribution in [-0.2, 0) is 19.1 Å². The third-order valence-electron chi connectivity index (χ3n) is 4.90. The summed E-state index contributed by atoms with van der Waals surface area (Å²) in [5.74, 6) is -0.589. The molecule has 1 aliphatic rings. The van der Waals surface area contributed by atoms with Crippen molar-refractivity contribution in [3.63, 3.8) is 0 Å². The van der Waals surface area contributed by atoms with Crippen LogP contribution in [0.5, 0.6) is 5.75 Å². The predicted molar refractivity (Wildman–Crippen MR) is 119 cm³/mol. The summed E-state index contributed by atoms with van der Waals surface area (Å²) < 4.78 is 21.0. The number of amides is 2. The molecular weight excluding hydrogens is 444 g/mol. The molecule has 1 aliphatic heterocycles. The first kappa shape index (κ1) is 24.6. The number of urea groups is 1. The Morgan fingerprint density at radius 2 is 1.76 bits per heavy atom. The van der Waals surface area contributed by atoms with Crippen molar-refractivity contribution in [3.05, 3.63) is 65.3 Å². The van der Waals surface area contributed by atoms with E-state index in [9.17, 15) is 19.2 Å². The Kier molecular flexibility index (Phi) is 8.44. The number of hydrogen-bond donors (Lipinski definition) is 2. The second-order valence-electron chi connectivity index (χ2n) is 7.20. The fourth-order valence-electron chi connectivity index (χ4n) is 3.34. The molecule has 0 bridgehead atoms. The first-order valence-electron chi connectivity index (χ1n) is 10.9. The average molecular weight is 470 g/mol. The lowest BCUT2D eigenvalue weighted by Crippen LogP contribution is -2.47. The van der Waals surface area contributed by atoms with Crippen molar-refractivity contribution in [1.82, 2.24) is 10.6 Å². The molecule has 3 rings (SSSR count). The number of carbonyl (C=O) groups is 4. The average Bonchev–Trinajstić information content (AvgIpc) is 3.36. The maximum atomic E-state index is 12.6. The van der Waals surface area contributed by atoms with E-state index in [1.165, 1.54) is 6.26 Å². The maximum absolute atomic E-state index is 12.6. The van der Waals surface area contributed by atoms with Gasteiger partial charge in [-0.3, -0.25) is 9.59 Å². The third-order valence-corrected chi connectivity index (χ3v) is 4.90. The van der Waals surface area contributed by atoms with Crippen LogP contribution in [0, 0.1) is 0 Å². The summed E-state index contributed by atoms with van der Waals surface area (Å²) in [5.41, 5.74) is 0.597. The van der Waals surface area contributed by atoms with Gasteiger partial charge in [-0.25, -0.2) is 9.59 Å². The molecule has 0 unspecified atom stereocenters. The van der Waals surface area contributed by atoms with Crippen LogP contribution in [0.4, 0.5) is 4.79 Å². The van der Waals surface area contributed by atoms with Gasteiger partial charge in [-0.2, -0.15) is 0 Å². The molecule has 10 heteroatoms. The second-order valence-corrected chi connectivity index (χ2v) is 7.20. The number of benzene rings is 1. The van der Waals surface area contributed by atoms with Gasteiger partial charge in [0.05, 0.1) is 37.2 Å². The van der Waals surface area contributed by atoms with Crippen LogP contribution in [-0.4, -0.2) is 43.6 Å². The van der Waals surface area contributed by atoms with Gasteiger partial charge in [0.15, 0.2) is 5.78 Å². The standard InChI is InChI=1S/C24H26N2O8/c1-3-31-16-9-7-15(8-10-16)18(27)11-12-20(28)34-14-17-21(23(29)32-4-2)22(26-24(30)25-17)19-6-5-13-33-19/h5-10,13,22H,3-4,11-12,14H2,1-2H3,(H2,25,26,30)/t22-/m0/s1. The number of nitrogens with one attached hydrogen (secondary N) is 2. The van der Waals surface area contributed by atoms with Gasteiger partial charge in [-0.1, -0.05) is 0 Å². The molecule has 0 spiro atoms. The Balaban J connectivity index is 1.64. The van der Waals surface area contributed by atoms with Crippen LogP contribution in [0.15, 0.2) is 58.3 Å². The Bertz CT molecular complexity index is 1060. The van der Waals surface area contributed by atoms with Crippen LogP contribution < -0.4 is 15.4 Å². The number of esters is 2. The molecule has 0 aliphatic carbocycles. The van der Waals surface area contributed by atoms with E-state index in [0.29, 0.717) is 23.7 Å². The van der Waals surface area contributed by atoms with E-state index in [4.69, 9.17) is 18.6 Å². The lowest BCUT2D eigenvalue weighted by Gasteiger charge is -2.27. The van der Waals surface area contributed by atoms with Crippen LogP contribution in [0.3, 0.4) is 0 Å². The minimum absolute atomic E-state index is 0.0560. The minimum Gasteiger partial charge on any atom is -0.494 e. The van der Waals surface area contributed by atoms with Crippen LogP contribution in [0.25, 0.3) is 0 Å². The van der Waals surface area contributed by atoms with Gasteiger partial charge in [-0.15, -0.1) is 0 Å². The fraction of sp³-hybridized carbons (Fsp3) is 0.333. The first-order valence-corrected chi connectivity index (χ1v) is 10.9. The number of ether oxygens (including phenoxy) is 3. The number of ketones is 1. The Labute approximate surface area is 196 Å². The Morgan fingerprint density at radius 1 is 1.00 bits per heavy atom. The summed E-state index contributed by atoms with van der Waals surface area (Å²) in [6.45, 7) is 3.77. The molecule has 180 valence electrons. The quantitative estimate of drug-likeness (QED) is 0.378. The lowest BCUT2D eigenvalue weighted by molar-refractivity contribution is -0.143. The zero-order valence-corrected chi connectivity index (χ0v) is 18.9. The van der Waals surface area contributed by atoms with Crippen LogP contribution in [0.1, 0.15) is 48.8 Å². The monoisotopic (exact) mass is 470 g/mol. The molecule has 1 aromatic carbocycles. The molecule has 0 fully saturated rings. The largest absolute Gasteiger partial charge is 0.494 e. The van der Waals surface area contributed by atoms with Gasteiger partial charge in [0.1, 0.15) is 24.2 Å². The van der Waals surface area contributed by atoms with Gasteiger partial charge in [0.2, 0.25) is 0 Å². The molecule has 0 saturated carbocycles. The smallest absolute Gasteiger partial charge is 0.338 e. The van der Waals surface area contributed by atoms with E-state index >= 15 is 0 Å².